The highest BCUT2D eigenvalue weighted by Crippen LogP contribution is 2.38. The van der Waals surface area contributed by atoms with Crippen molar-refractivity contribution in [2.24, 2.45) is 5.73 Å². The van der Waals surface area contributed by atoms with Crippen LogP contribution in [0.15, 0.2) is 36.5 Å². The molecule has 9 heteroatoms. The molecule has 2 amide bonds. The van der Waals surface area contributed by atoms with Crippen LogP contribution in [0.25, 0.3) is 10.2 Å². The van der Waals surface area contributed by atoms with Crippen LogP contribution in [0.1, 0.15) is 25.8 Å². The summed E-state index contributed by atoms with van der Waals surface area (Å²) < 4.78 is 22.1. The van der Waals surface area contributed by atoms with Gasteiger partial charge in [0.1, 0.15) is 9.71 Å². The lowest BCUT2D eigenvalue weighted by atomic mass is 10.1. The van der Waals surface area contributed by atoms with E-state index in [0.29, 0.717) is 15.4 Å². The van der Waals surface area contributed by atoms with E-state index < -0.39 is 18.8 Å². The van der Waals surface area contributed by atoms with Gasteiger partial charge >= 0.3 is 0 Å². The van der Waals surface area contributed by atoms with E-state index in [-0.39, 0.29) is 6.42 Å². The molecule has 8 nitrogen and oxygen atoms in total. The van der Waals surface area contributed by atoms with Crippen LogP contribution in [-0.4, -0.2) is 61.9 Å². The summed E-state index contributed by atoms with van der Waals surface area (Å²) >= 11 is 1.22. The topological polar surface area (TPSA) is 109 Å². The van der Waals surface area contributed by atoms with E-state index >= 15 is 0 Å². The lowest BCUT2D eigenvalue weighted by molar-refractivity contribution is -0.127. The zero-order chi connectivity index (χ0) is 25.3. The van der Waals surface area contributed by atoms with Crippen LogP contribution in [-0.2, 0) is 11.2 Å². The highest BCUT2D eigenvalue weighted by molar-refractivity contribution is 7.21. The second kappa shape index (κ2) is 9.04. The molecule has 2 aromatic heterocycles. The summed E-state index contributed by atoms with van der Waals surface area (Å²) in [5.41, 5.74) is 14.9. The van der Waals surface area contributed by atoms with Gasteiger partial charge in [-0.2, -0.15) is 0 Å². The fourth-order valence-corrected chi connectivity index (χ4v) is 4.95. The van der Waals surface area contributed by atoms with Gasteiger partial charge in [0.25, 0.3) is 5.91 Å². The Morgan fingerprint density at radius 3 is 2.59 bits per heavy atom. The Hall–Kier alpha value is -3.33. The first-order valence-corrected chi connectivity index (χ1v) is 11.2. The van der Waals surface area contributed by atoms with Gasteiger partial charge in [0.2, 0.25) is 5.91 Å². The molecule has 1 aromatic carbocycles. The number of anilines is 3. The maximum atomic E-state index is 12.2. The molecule has 0 saturated carbocycles. The predicted octanol–water partition coefficient (Wildman–Crippen LogP) is 2.32. The molecule has 1 aliphatic rings. The van der Waals surface area contributed by atoms with Crippen LogP contribution in [0.2, 0.25) is 0 Å². The summed E-state index contributed by atoms with van der Waals surface area (Å²) in [4.78, 5) is 34.7. The maximum Gasteiger partial charge on any atom is 0.260 e. The molecule has 0 atom stereocenters. The Labute approximate surface area is 195 Å². The van der Waals surface area contributed by atoms with Crippen molar-refractivity contribution in [3.8, 4) is 0 Å². The Kier molecular flexibility index (Phi) is 5.16. The number of primary amides is 1. The van der Waals surface area contributed by atoms with Gasteiger partial charge in [-0.3, -0.25) is 9.59 Å². The number of nitrogens with two attached hydrogens (primary N) is 2. The number of rotatable bonds is 5. The number of nitrogens with zero attached hydrogens (tertiary/aromatic N) is 4. The smallest absolute Gasteiger partial charge is 0.260 e. The minimum atomic E-state index is -2.44. The number of hydrogen-bond acceptors (Lipinski definition) is 7. The van der Waals surface area contributed by atoms with Gasteiger partial charge in [-0.05, 0) is 30.2 Å². The van der Waals surface area contributed by atoms with Crippen molar-refractivity contribution in [3.05, 3.63) is 47.0 Å². The third-order valence-electron chi connectivity index (χ3n) is 5.70. The molecule has 1 saturated heterocycles. The standard InChI is InChI=1S/C23H28N6O2S/c1-27(2)18(30)14-15-4-6-16(7-5-15)28-10-3-11-29(13-12-28)17-8-9-26-23-19(17)20(24)21(32-23)22(25)31/h4-9H,3,10-14,24H2,1-2H3,(H2,25,31)/i1D3. The van der Waals surface area contributed by atoms with Gasteiger partial charge in [0.05, 0.1) is 23.2 Å². The van der Waals surface area contributed by atoms with Gasteiger partial charge in [-0.1, -0.05) is 12.1 Å². The summed E-state index contributed by atoms with van der Waals surface area (Å²) in [5.74, 6) is -0.993. The fraction of sp³-hybridized carbons (Fsp3) is 0.348. The summed E-state index contributed by atoms with van der Waals surface area (Å²) in [6, 6.07) is 9.59. The van der Waals surface area contributed by atoms with Gasteiger partial charge in [-0.25, -0.2) is 4.98 Å². The second-order valence-electron chi connectivity index (χ2n) is 7.84. The molecule has 0 spiro atoms. The molecule has 0 radical (unpaired) electrons. The molecule has 0 unspecified atom stereocenters. The third-order valence-corrected chi connectivity index (χ3v) is 6.83. The molecule has 1 fully saturated rings. The molecule has 168 valence electrons. The van der Waals surface area contributed by atoms with E-state index in [2.05, 4.69) is 14.8 Å². The van der Waals surface area contributed by atoms with Crippen LogP contribution in [0.4, 0.5) is 17.1 Å². The summed E-state index contributed by atoms with van der Waals surface area (Å²) in [6.45, 7) is 0.770. The van der Waals surface area contributed by atoms with E-state index in [1.165, 1.54) is 18.4 Å². The van der Waals surface area contributed by atoms with E-state index in [9.17, 15) is 9.59 Å². The average molecular weight is 456 g/mol. The quantitative estimate of drug-likeness (QED) is 0.611. The number of nitrogen functional groups attached to an aromatic ring is 1. The van der Waals surface area contributed by atoms with Crippen molar-refractivity contribution in [2.45, 2.75) is 12.8 Å². The van der Waals surface area contributed by atoms with Crippen molar-refractivity contribution in [3.63, 3.8) is 0 Å². The SMILES string of the molecule is [2H]C([2H])([2H])N(C)C(=O)Cc1ccc(N2CCCN(c3ccnc4sc(C(N)=O)c(N)c34)CC2)cc1. The second-order valence-corrected chi connectivity index (χ2v) is 8.84. The Morgan fingerprint density at radius 2 is 1.88 bits per heavy atom. The predicted molar refractivity (Wildman–Crippen MR) is 130 cm³/mol. The Balaban J connectivity index is 1.46. The number of carbonyl (C=O) groups excluding carboxylic acids is 2. The molecule has 4 rings (SSSR count). The van der Waals surface area contributed by atoms with Crippen molar-refractivity contribution >= 4 is 50.4 Å². The number of fused-ring (bicyclic) bond motifs is 1. The minimum absolute atomic E-state index is 0.0380. The average Bonchev–Trinajstić information content (AvgIpc) is 2.99. The van der Waals surface area contributed by atoms with Crippen LogP contribution in [0.5, 0.6) is 0 Å². The number of pyridine rings is 1. The number of amides is 2. The van der Waals surface area contributed by atoms with Crippen molar-refractivity contribution in [1.29, 1.82) is 0 Å². The molecule has 1 aliphatic heterocycles. The van der Waals surface area contributed by atoms with E-state index in [1.807, 2.05) is 30.3 Å². The van der Waals surface area contributed by atoms with Gasteiger partial charge < -0.3 is 26.2 Å². The zero-order valence-electron chi connectivity index (χ0n) is 20.9. The number of carbonyl (C=O) groups is 2. The van der Waals surface area contributed by atoms with Crippen molar-refractivity contribution in [2.75, 3.05) is 55.7 Å². The number of thiophene rings is 1. The monoisotopic (exact) mass is 455 g/mol. The molecule has 32 heavy (non-hydrogen) atoms. The van der Waals surface area contributed by atoms with Crippen LogP contribution in [0.3, 0.4) is 0 Å². The van der Waals surface area contributed by atoms with Gasteiger partial charge in [0.15, 0.2) is 0 Å². The lowest BCUT2D eigenvalue weighted by Gasteiger charge is -2.25. The summed E-state index contributed by atoms with van der Waals surface area (Å²) in [7, 11) is 1.29. The highest BCUT2D eigenvalue weighted by Gasteiger charge is 2.22. The van der Waals surface area contributed by atoms with Crippen molar-refractivity contribution in [1.82, 2.24) is 9.88 Å². The van der Waals surface area contributed by atoms with Crippen LogP contribution < -0.4 is 21.3 Å². The number of likely N-dealkylation sites (N-methyl/N-ethyl adjacent to an activating group) is 1. The van der Waals surface area contributed by atoms with E-state index in [4.69, 9.17) is 15.6 Å². The first-order chi connectivity index (χ1) is 16.6. The Bertz CT molecular complexity index is 1240. The number of hydrogen-bond donors (Lipinski definition) is 2. The minimum Gasteiger partial charge on any atom is -0.397 e. The first kappa shape index (κ1) is 18.3. The maximum absolute atomic E-state index is 12.2. The van der Waals surface area contributed by atoms with Crippen LogP contribution >= 0.6 is 11.3 Å². The van der Waals surface area contributed by atoms with Gasteiger partial charge in [-0.15, -0.1) is 11.3 Å². The van der Waals surface area contributed by atoms with E-state index in [0.717, 1.165) is 59.8 Å². The fourth-order valence-electron chi connectivity index (χ4n) is 4.01. The number of aromatic nitrogens is 1. The first-order valence-electron chi connectivity index (χ1n) is 11.9. The molecule has 4 N–H and O–H groups in total. The number of benzene rings is 1. The molecule has 0 bridgehead atoms. The third kappa shape index (κ3) is 4.34. The lowest BCUT2D eigenvalue weighted by Crippen LogP contribution is -2.30. The van der Waals surface area contributed by atoms with Crippen LogP contribution in [0, 0.1) is 0 Å². The molecular weight excluding hydrogens is 424 g/mol. The zero-order valence-corrected chi connectivity index (χ0v) is 18.7. The molecule has 3 heterocycles. The van der Waals surface area contributed by atoms with Crippen molar-refractivity contribution < 1.29 is 13.7 Å². The summed E-state index contributed by atoms with van der Waals surface area (Å²) in [6.07, 6.45) is 2.68. The molecule has 3 aromatic rings. The van der Waals surface area contributed by atoms with E-state index in [1.54, 1.807) is 6.20 Å². The molecular formula is C23H28N6O2S. The molecule has 0 aliphatic carbocycles. The van der Waals surface area contributed by atoms with Gasteiger partial charge in [0, 0.05) is 56.2 Å². The summed E-state index contributed by atoms with van der Waals surface area (Å²) in [5, 5.41) is 0.774. The Morgan fingerprint density at radius 1 is 1.16 bits per heavy atom. The highest BCUT2D eigenvalue weighted by atomic mass is 32.1. The normalized spacial score (nSPS) is 16.2. The largest absolute Gasteiger partial charge is 0.397 e.